The van der Waals surface area contributed by atoms with Gasteiger partial charge in [0.2, 0.25) is 0 Å². The predicted octanol–water partition coefficient (Wildman–Crippen LogP) is 1.34. The highest BCUT2D eigenvalue weighted by Crippen LogP contribution is 2.09. The fraction of sp³-hybridized carbons (Fsp3) is 0.889. The maximum Gasteiger partial charge on any atom is 0.364 e. The fourth-order valence-electron chi connectivity index (χ4n) is 0.734. The summed E-state index contributed by atoms with van der Waals surface area (Å²) >= 11 is 0. The third-order valence-corrected chi connectivity index (χ3v) is 1.13. The van der Waals surface area contributed by atoms with Gasteiger partial charge in [-0.2, -0.15) is 0 Å². The van der Waals surface area contributed by atoms with E-state index in [0.717, 1.165) is 0 Å². The average Bonchev–Trinajstić information content (AvgIpc) is 1.96. The molecule has 1 unspecified atom stereocenters. The van der Waals surface area contributed by atoms with Crippen LogP contribution in [0, 0.1) is 0 Å². The van der Waals surface area contributed by atoms with E-state index in [1.165, 1.54) is 7.11 Å². The first-order valence-electron chi connectivity index (χ1n) is 4.28. The highest BCUT2D eigenvalue weighted by atomic mass is 16.7. The Hall–Kier alpha value is -0.610. The molecule has 0 heterocycles. The van der Waals surface area contributed by atoms with Gasteiger partial charge in [0.05, 0.1) is 0 Å². The number of esters is 1. The first kappa shape index (κ1) is 12.4. The molecule has 0 aromatic carbocycles. The van der Waals surface area contributed by atoms with Gasteiger partial charge in [-0.05, 0) is 27.7 Å². The zero-order valence-electron chi connectivity index (χ0n) is 8.92. The van der Waals surface area contributed by atoms with Gasteiger partial charge >= 0.3 is 5.97 Å². The van der Waals surface area contributed by atoms with Crippen molar-refractivity contribution in [3.05, 3.63) is 0 Å². The van der Waals surface area contributed by atoms with Crippen molar-refractivity contribution in [2.75, 3.05) is 13.7 Å². The molecule has 0 radical (unpaired) electrons. The summed E-state index contributed by atoms with van der Waals surface area (Å²) in [6.07, 6.45) is -0.913. The molecule has 0 fully saturated rings. The number of hydrogen-bond donors (Lipinski definition) is 0. The Morgan fingerprint density at radius 2 is 1.92 bits per heavy atom. The van der Waals surface area contributed by atoms with E-state index in [2.05, 4.69) is 0 Å². The van der Waals surface area contributed by atoms with Gasteiger partial charge in [0.15, 0.2) is 0 Å². The Balaban J connectivity index is 4.06. The molecule has 0 aromatic rings. The van der Waals surface area contributed by atoms with Gasteiger partial charge in [-0.1, -0.05) is 0 Å². The molecule has 0 aromatic heterocycles. The Morgan fingerprint density at radius 3 is 2.23 bits per heavy atom. The lowest BCUT2D eigenvalue weighted by atomic mass is 10.2. The quantitative estimate of drug-likeness (QED) is 0.495. The molecule has 4 heteroatoms. The van der Waals surface area contributed by atoms with Crippen molar-refractivity contribution in [1.82, 2.24) is 0 Å². The minimum atomic E-state index is -0.913. The molecule has 0 aliphatic rings. The molecule has 0 saturated heterocycles. The minimum absolute atomic E-state index is 0.414. The van der Waals surface area contributed by atoms with Crippen LogP contribution in [0.5, 0.6) is 0 Å². The van der Waals surface area contributed by atoms with Gasteiger partial charge < -0.3 is 14.2 Å². The fourth-order valence-corrected chi connectivity index (χ4v) is 0.734. The van der Waals surface area contributed by atoms with Gasteiger partial charge in [0, 0.05) is 13.7 Å². The molecular weight excluding hydrogens is 172 g/mol. The molecule has 1 atom stereocenters. The number of hydrogen-bond acceptors (Lipinski definition) is 4. The van der Waals surface area contributed by atoms with E-state index in [4.69, 9.17) is 14.2 Å². The number of ether oxygens (including phenoxy) is 3. The molecule has 4 nitrogen and oxygen atoms in total. The molecular formula is C9H18O4. The van der Waals surface area contributed by atoms with E-state index in [-0.39, 0.29) is 0 Å². The lowest BCUT2D eigenvalue weighted by Crippen LogP contribution is -2.34. The van der Waals surface area contributed by atoms with Gasteiger partial charge in [-0.3, -0.25) is 0 Å². The van der Waals surface area contributed by atoms with E-state index >= 15 is 0 Å². The Bertz CT molecular complexity index is 159. The third kappa shape index (κ3) is 5.60. The summed E-state index contributed by atoms with van der Waals surface area (Å²) in [7, 11) is 1.41. The Morgan fingerprint density at radius 1 is 1.38 bits per heavy atom. The van der Waals surface area contributed by atoms with Crippen LogP contribution >= 0.6 is 0 Å². The van der Waals surface area contributed by atoms with E-state index < -0.39 is 17.9 Å². The molecule has 0 spiro atoms. The lowest BCUT2D eigenvalue weighted by Gasteiger charge is -2.22. The number of methoxy groups -OCH3 is 1. The Labute approximate surface area is 79.2 Å². The van der Waals surface area contributed by atoms with E-state index in [9.17, 15) is 4.79 Å². The van der Waals surface area contributed by atoms with Crippen LogP contribution in [-0.2, 0) is 19.0 Å². The predicted molar refractivity (Wildman–Crippen MR) is 48.3 cm³/mol. The van der Waals surface area contributed by atoms with Crippen LogP contribution < -0.4 is 0 Å². The second kappa shape index (κ2) is 5.19. The molecule has 0 rings (SSSR count). The van der Waals surface area contributed by atoms with Crippen LogP contribution in [0.2, 0.25) is 0 Å². The van der Waals surface area contributed by atoms with Crippen LogP contribution in [-0.4, -0.2) is 31.6 Å². The first-order chi connectivity index (χ1) is 5.90. The number of rotatable bonds is 4. The van der Waals surface area contributed by atoms with E-state index in [1.54, 1.807) is 27.7 Å². The summed E-state index contributed by atoms with van der Waals surface area (Å²) in [5.74, 6) is -0.489. The second-order valence-electron chi connectivity index (χ2n) is 3.56. The van der Waals surface area contributed by atoms with Crippen LogP contribution in [0.25, 0.3) is 0 Å². The number of carbonyl (C=O) groups excluding carboxylic acids is 1. The van der Waals surface area contributed by atoms with Gasteiger partial charge in [-0.25, -0.2) is 4.79 Å². The van der Waals surface area contributed by atoms with Crippen molar-refractivity contribution in [2.45, 2.75) is 39.6 Å². The maximum atomic E-state index is 11.3. The summed E-state index contributed by atoms with van der Waals surface area (Å²) in [6, 6.07) is 0. The smallest absolute Gasteiger partial charge is 0.364 e. The van der Waals surface area contributed by atoms with Crippen LogP contribution in [0.15, 0.2) is 0 Å². The molecule has 0 aliphatic heterocycles. The minimum Gasteiger partial charge on any atom is -0.456 e. The SMILES string of the molecule is CCOC(OC)C(=O)OC(C)(C)C. The molecule has 0 amide bonds. The highest BCUT2D eigenvalue weighted by molar-refractivity contribution is 5.73. The van der Waals surface area contributed by atoms with Gasteiger partial charge in [-0.15, -0.1) is 0 Å². The standard InChI is InChI=1S/C9H18O4/c1-6-12-8(11-5)7(10)13-9(2,3)4/h8H,6H2,1-5H3. The van der Waals surface area contributed by atoms with Crippen LogP contribution in [0.3, 0.4) is 0 Å². The Kier molecular flexibility index (Phi) is 4.95. The summed E-state index contributed by atoms with van der Waals surface area (Å²) in [4.78, 5) is 11.3. The number of carbonyl (C=O) groups is 1. The van der Waals surface area contributed by atoms with Crippen LogP contribution in [0.4, 0.5) is 0 Å². The molecule has 0 saturated carbocycles. The maximum absolute atomic E-state index is 11.3. The second-order valence-corrected chi connectivity index (χ2v) is 3.56. The zero-order valence-corrected chi connectivity index (χ0v) is 8.92. The molecule has 0 aliphatic carbocycles. The normalized spacial score (nSPS) is 13.9. The van der Waals surface area contributed by atoms with E-state index in [0.29, 0.717) is 6.61 Å². The highest BCUT2D eigenvalue weighted by Gasteiger charge is 2.24. The van der Waals surface area contributed by atoms with Crippen molar-refractivity contribution in [3.63, 3.8) is 0 Å². The summed E-state index contributed by atoms with van der Waals surface area (Å²) < 4.78 is 14.9. The van der Waals surface area contributed by atoms with Crippen molar-refractivity contribution >= 4 is 5.97 Å². The first-order valence-corrected chi connectivity index (χ1v) is 4.28. The molecule has 0 N–H and O–H groups in total. The summed E-state index contributed by atoms with van der Waals surface area (Å²) in [5.41, 5.74) is -0.509. The van der Waals surface area contributed by atoms with Gasteiger partial charge in [0.1, 0.15) is 5.60 Å². The zero-order chi connectivity index (χ0) is 10.5. The largest absolute Gasteiger partial charge is 0.456 e. The summed E-state index contributed by atoms with van der Waals surface area (Å²) in [5, 5.41) is 0. The van der Waals surface area contributed by atoms with Crippen molar-refractivity contribution < 1.29 is 19.0 Å². The van der Waals surface area contributed by atoms with Crippen LogP contribution in [0.1, 0.15) is 27.7 Å². The molecule has 78 valence electrons. The summed E-state index contributed by atoms with van der Waals surface area (Å²) in [6.45, 7) is 7.59. The van der Waals surface area contributed by atoms with Crippen molar-refractivity contribution in [1.29, 1.82) is 0 Å². The van der Waals surface area contributed by atoms with Crippen molar-refractivity contribution in [3.8, 4) is 0 Å². The van der Waals surface area contributed by atoms with E-state index in [1.807, 2.05) is 0 Å². The topological polar surface area (TPSA) is 44.8 Å². The third-order valence-electron chi connectivity index (χ3n) is 1.13. The van der Waals surface area contributed by atoms with Crippen molar-refractivity contribution in [2.24, 2.45) is 0 Å². The monoisotopic (exact) mass is 190 g/mol. The molecule has 13 heavy (non-hydrogen) atoms. The molecule has 0 bridgehead atoms. The lowest BCUT2D eigenvalue weighted by molar-refractivity contribution is -0.198. The van der Waals surface area contributed by atoms with Gasteiger partial charge in [0.25, 0.3) is 6.29 Å². The average molecular weight is 190 g/mol.